The standard InChI is InChI=1S/C14H12Cl2/c15-13-9-8-12(14(16)10-13)7-6-11-4-2-1-3-5-11/h1-5,8-10H,6-7H2. The molecule has 0 radical (unpaired) electrons. The summed E-state index contributed by atoms with van der Waals surface area (Å²) >= 11 is 12.0. The van der Waals surface area contributed by atoms with E-state index in [0.717, 1.165) is 23.4 Å². The van der Waals surface area contributed by atoms with E-state index in [0.29, 0.717) is 5.02 Å². The van der Waals surface area contributed by atoms with E-state index in [1.807, 2.05) is 18.2 Å². The van der Waals surface area contributed by atoms with Crippen molar-refractivity contribution in [3.8, 4) is 0 Å². The van der Waals surface area contributed by atoms with Crippen LogP contribution in [0, 0.1) is 0 Å². The Morgan fingerprint density at radius 3 is 2.25 bits per heavy atom. The summed E-state index contributed by atoms with van der Waals surface area (Å²) in [6, 6.07) is 16.1. The van der Waals surface area contributed by atoms with Crippen molar-refractivity contribution in [2.45, 2.75) is 12.8 Å². The van der Waals surface area contributed by atoms with E-state index in [4.69, 9.17) is 23.2 Å². The van der Waals surface area contributed by atoms with Gasteiger partial charge in [-0.2, -0.15) is 0 Å². The lowest BCUT2D eigenvalue weighted by atomic mass is 10.0. The molecule has 2 heteroatoms. The van der Waals surface area contributed by atoms with Gasteiger partial charge in [-0.3, -0.25) is 0 Å². The van der Waals surface area contributed by atoms with Crippen LogP contribution in [-0.2, 0) is 12.8 Å². The molecule has 0 spiro atoms. The first-order chi connectivity index (χ1) is 7.75. The van der Waals surface area contributed by atoms with Crippen molar-refractivity contribution in [2.24, 2.45) is 0 Å². The number of aryl methyl sites for hydroxylation is 2. The zero-order chi connectivity index (χ0) is 11.4. The minimum atomic E-state index is 0.688. The van der Waals surface area contributed by atoms with E-state index in [-0.39, 0.29) is 0 Å². The maximum atomic E-state index is 6.11. The van der Waals surface area contributed by atoms with Gasteiger partial charge in [0, 0.05) is 10.0 Å². The molecule has 16 heavy (non-hydrogen) atoms. The highest BCUT2D eigenvalue weighted by molar-refractivity contribution is 6.35. The predicted octanol–water partition coefficient (Wildman–Crippen LogP) is 4.78. The normalized spacial score (nSPS) is 10.4. The van der Waals surface area contributed by atoms with Crippen LogP contribution in [0.15, 0.2) is 48.5 Å². The lowest BCUT2D eigenvalue weighted by molar-refractivity contribution is 0.960. The van der Waals surface area contributed by atoms with Crippen LogP contribution in [0.5, 0.6) is 0 Å². The molecule has 0 bridgehead atoms. The molecule has 0 fully saturated rings. The lowest BCUT2D eigenvalue weighted by Gasteiger charge is -2.04. The summed E-state index contributed by atoms with van der Waals surface area (Å²) in [5.41, 5.74) is 2.48. The van der Waals surface area contributed by atoms with Crippen LogP contribution >= 0.6 is 23.2 Å². The van der Waals surface area contributed by atoms with E-state index in [2.05, 4.69) is 24.3 Å². The molecule has 0 aliphatic carbocycles. The van der Waals surface area contributed by atoms with Gasteiger partial charge in [-0.15, -0.1) is 0 Å². The maximum absolute atomic E-state index is 6.11. The van der Waals surface area contributed by atoms with Gasteiger partial charge < -0.3 is 0 Å². The minimum absolute atomic E-state index is 0.688. The smallest absolute Gasteiger partial charge is 0.0452 e. The summed E-state index contributed by atoms with van der Waals surface area (Å²) < 4.78 is 0. The summed E-state index contributed by atoms with van der Waals surface area (Å²) in [5.74, 6) is 0. The molecule has 0 atom stereocenters. The molecule has 0 amide bonds. The van der Waals surface area contributed by atoms with Crippen LogP contribution in [0.2, 0.25) is 10.0 Å². The van der Waals surface area contributed by atoms with Gasteiger partial charge in [-0.05, 0) is 36.1 Å². The molecule has 0 saturated heterocycles. The Hall–Kier alpha value is -0.980. The number of rotatable bonds is 3. The van der Waals surface area contributed by atoms with Crippen molar-refractivity contribution in [3.63, 3.8) is 0 Å². The second kappa shape index (κ2) is 5.38. The topological polar surface area (TPSA) is 0 Å². The minimum Gasteiger partial charge on any atom is -0.0843 e. The summed E-state index contributed by atoms with van der Waals surface area (Å²) in [6.45, 7) is 0. The first-order valence-electron chi connectivity index (χ1n) is 5.23. The zero-order valence-electron chi connectivity index (χ0n) is 8.79. The summed E-state index contributed by atoms with van der Waals surface area (Å²) in [6.07, 6.45) is 1.95. The van der Waals surface area contributed by atoms with Gasteiger partial charge in [0.05, 0.1) is 0 Å². The Balaban J connectivity index is 2.05. The predicted molar refractivity (Wildman–Crippen MR) is 70.3 cm³/mol. The van der Waals surface area contributed by atoms with Crippen LogP contribution in [0.1, 0.15) is 11.1 Å². The Morgan fingerprint density at radius 1 is 0.812 bits per heavy atom. The average molecular weight is 251 g/mol. The highest BCUT2D eigenvalue weighted by atomic mass is 35.5. The highest BCUT2D eigenvalue weighted by Crippen LogP contribution is 2.22. The number of hydrogen-bond donors (Lipinski definition) is 0. The van der Waals surface area contributed by atoms with Crippen LogP contribution < -0.4 is 0 Å². The van der Waals surface area contributed by atoms with Crippen LogP contribution in [0.3, 0.4) is 0 Å². The third-order valence-electron chi connectivity index (χ3n) is 2.54. The highest BCUT2D eigenvalue weighted by Gasteiger charge is 2.01. The lowest BCUT2D eigenvalue weighted by Crippen LogP contribution is -1.91. The number of benzene rings is 2. The van der Waals surface area contributed by atoms with Gasteiger partial charge in [-0.1, -0.05) is 59.6 Å². The summed E-state index contributed by atoms with van der Waals surface area (Å²) in [7, 11) is 0. The molecule has 0 unspecified atom stereocenters. The fourth-order valence-corrected chi connectivity index (χ4v) is 2.15. The van der Waals surface area contributed by atoms with Crippen LogP contribution in [0.25, 0.3) is 0 Å². The second-order valence-corrected chi connectivity index (χ2v) is 4.56. The molecular weight excluding hydrogens is 239 g/mol. The fourth-order valence-electron chi connectivity index (χ4n) is 1.65. The molecular formula is C14H12Cl2. The molecule has 2 rings (SSSR count). The van der Waals surface area contributed by atoms with Gasteiger partial charge in [0.1, 0.15) is 0 Å². The molecule has 0 aliphatic rings. The molecule has 0 nitrogen and oxygen atoms in total. The van der Waals surface area contributed by atoms with Gasteiger partial charge in [0.2, 0.25) is 0 Å². The van der Waals surface area contributed by atoms with Crippen LogP contribution in [-0.4, -0.2) is 0 Å². The van der Waals surface area contributed by atoms with Crippen molar-refractivity contribution in [3.05, 3.63) is 69.7 Å². The van der Waals surface area contributed by atoms with Crippen molar-refractivity contribution >= 4 is 23.2 Å². The third-order valence-corrected chi connectivity index (χ3v) is 3.13. The average Bonchev–Trinajstić information content (AvgIpc) is 2.29. The van der Waals surface area contributed by atoms with E-state index < -0.39 is 0 Å². The number of hydrogen-bond acceptors (Lipinski definition) is 0. The monoisotopic (exact) mass is 250 g/mol. The maximum Gasteiger partial charge on any atom is 0.0452 e. The second-order valence-electron chi connectivity index (χ2n) is 3.72. The Labute approximate surface area is 106 Å². The van der Waals surface area contributed by atoms with E-state index in [1.54, 1.807) is 6.07 Å². The van der Waals surface area contributed by atoms with Crippen molar-refractivity contribution in [1.82, 2.24) is 0 Å². The van der Waals surface area contributed by atoms with Gasteiger partial charge in [-0.25, -0.2) is 0 Å². The van der Waals surface area contributed by atoms with Gasteiger partial charge >= 0.3 is 0 Å². The summed E-state index contributed by atoms with van der Waals surface area (Å²) in [5, 5.41) is 1.44. The molecule has 0 aliphatic heterocycles. The first kappa shape index (κ1) is 11.5. The Kier molecular flexibility index (Phi) is 3.87. The Bertz CT molecular complexity index is 463. The van der Waals surface area contributed by atoms with E-state index in [9.17, 15) is 0 Å². The largest absolute Gasteiger partial charge is 0.0843 e. The SMILES string of the molecule is Clc1ccc(CCc2ccccc2)c(Cl)c1. The molecule has 0 aromatic heterocycles. The first-order valence-corrected chi connectivity index (χ1v) is 5.99. The zero-order valence-corrected chi connectivity index (χ0v) is 10.3. The van der Waals surface area contributed by atoms with E-state index in [1.165, 1.54) is 5.56 Å². The van der Waals surface area contributed by atoms with Crippen molar-refractivity contribution < 1.29 is 0 Å². The van der Waals surface area contributed by atoms with E-state index >= 15 is 0 Å². The quantitative estimate of drug-likeness (QED) is 0.736. The molecule has 0 saturated carbocycles. The molecule has 2 aromatic carbocycles. The van der Waals surface area contributed by atoms with Gasteiger partial charge in [0.25, 0.3) is 0 Å². The number of halogens is 2. The van der Waals surface area contributed by atoms with Gasteiger partial charge in [0.15, 0.2) is 0 Å². The molecule has 82 valence electrons. The van der Waals surface area contributed by atoms with Crippen LogP contribution in [0.4, 0.5) is 0 Å². The van der Waals surface area contributed by atoms with Crippen molar-refractivity contribution in [2.75, 3.05) is 0 Å². The Morgan fingerprint density at radius 2 is 1.56 bits per heavy atom. The molecule has 2 aromatic rings. The van der Waals surface area contributed by atoms with Crippen molar-refractivity contribution in [1.29, 1.82) is 0 Å². The summed E-state index contributed by atoms with van der Waals surface area (Å²) in [4.78, 5) is 0. The molecule has 0 N–H and O–H groups in total. The molecule has 0 heterocycles. The third kappa shape index (κ3) is 3.01. The fraction of sp³-hybridized carbons (Fsp3) is 0.143.